The standard InChI is InChI=1S/C27H27N7O3/c1-5-19-8-6-9-20(12-19)23-13-24(30-27(29-23)31-26(35)17-37-18(2)3)25-15-34(33-32-25)14-21-10-7-11-22(28-21)16-36-4/h1,6-13,15,18H,14,16-17H2,2-4H3,(H,29,30,31,35). The van der Waals surface area contributed by atoms with Crippen LogP contribution in [0.4, 0.5) is 5.95 Å². The van der Waals surface area contributed by atoms with E-state index in [1.54, 1.807) is 24.1 Å². The summed E-state index contributed by atoms with van der Waals surface area (Å²) in [5, 5.41) is 11.2. The lowest BCUT2D eigenvalue weighted by Gasteiger charge is -2.10. The topological polar surface area (TPSA) is 117 Å². The molecule has 0 spiro atoms. The Labute approximate surface area is 215 Å². The lowest BCUT2D eigenvalue weighted by Crippen LogP contribution is -2.22. The number of terminal acetylenes is 1. The van der Waals surface area contributed by atoms with Crippen molar-refractivity contribution in [3.63, 3.8) is 0 Å². The van der Waals surface area contributed by atoms with Crippen molar-refractivity contribution < 1.29 is 14.3 Å². The van der Waals surface area contributed by atoms with Gasteiger partial charge in [0.1, 0.15) is 12.3 Å². The SMILES string of the molecule is C#Cc1cccc(-c2cc(-c3cn(Cc4cccc(COC)n4)nn3)nc(NC(=O)COC(C)C)n2)c1. The average molecular weight is 498 g/mol. The minimum absolute atomic E-state index is 0.0835. The van der Waals surface area contributed by atoms with Crippen LogP contribution in [0.25, 0.3) is 22.6 Å². The van der Waals surface area contributed by atoms with Crippen molar-refractivity contribution in [2.24, 2.45) is 0 Å². The van der Waals surface area contributed by atoms with Gasteiger partial charge in [-0.25, -0.2) is 14.6 Å². The molecule has 4 aromatic rings. The molecule has 0 fully saturated rings. The van der Waals surface area contributed by atoms with Crippen LogP contribution in [-0.2, 0) is 27.4 Å². The fourth-order valence-corrected chi connectivity index (χ4v) is 3.46. The second-order valence-electron chi connectivity index (χ2n) is 8.45. The Morgan fingerprint density at radius 2 is 1.84 bits per heavy atom. The van der Waals surface area contributed by atoms with Gasteiger partial charge in [-0.15, -0.1) is 11.5 Å². The van der Waals surface area contributed by atoms with Crippen LogP contribution in [0.1, 0.15) is 30.8 Å². The van der Waals surface area contributed by atoms with Crippen molar-refractivity contribution >= 4 is 11.9 Å². The highest BCUT2D eigenvalue weighted by molar-refractivity contribution is 5.90. The molecule has 10 nitrogen and oxygen atoms in total. The molecule has 1 aromatic carbocycles. The van der Waals surface area contributed by atoms with Gasteiger partial charge in [0.15, 0.2) is 0 Å². The fourth-order valence-electron chi connectivity index (χ4n) is 3.46. The molecule has 0 aliphatic heterocycles. The summed E-state index contributed by atoms with van der Waals surface area (Å²) in [6.07, 6.45) is 7.26. The summed E-state index contributed by atoms with van der Waals surface area (Å²) in [6.45, 7) is 4.44. The van der Waals surface area contributed by atoms with Gasteiger partial charge in [-0.05, 0) is 44.2 Å². The fraction of sp³-hybridized carbons (Fsp3) is 0.259. The number of nitrogens with zero attached hydrogens (tertiary/aromatic N) is 6. The van der Waals surface area contributed by atoms with E-state index in [1.165, 1.54) is 0 Å². The van der Waals surface area contributed by atoms with E-state index in [9.17, 15) is 4.79 Å². The minimum atomic E-state index is -0.361. The highest BCUT2D eigenvalue weighted by Gasteiger charge is 2.15. The molecule has 10 heteroatoms. The van der Waals surface area contributed by atoms with E-state index >= 15 is 0 Å². The Hall–Kier alpha value is -4.46. The summed E-state index contributed by atoms with van der Waals surface area (Å²) < 4.78 is 12.2. The number of ether oxygens (including phenoxy) is 2. The van der Waals surface area contributed by atoms with Gasteiger partial charge in [0.05, 0.1) is 48.2 Å². The number of benzene rings is 1. The third-order valence-corrected chi connectivity index (χ3v) is 5.13. The van der Waals surface area contributed by atoms with Gasteiger partial charge in [-0.2, -0.15) is 0 Å². The molecule has 0 saturated heterocycles. The summed E-state index contributed by atoms with van der Waals surface area (Å²) in [7, 11) is 1.63. The first kappa shape index (κ1) is 25.6. The maximum atomic E-state index is 12.4. The Morgan fingerprint density at radius 3 is 2.62 bits per heavy atom. The van der Waals surface area contributed by atoms with Crippen LogP contribution >= 0.6 is 0 Å². The van der Waals surface area contributed by atoms with E-state index < -0.39 is 0 Å². The van der Waals surface area contributed by atoms with Crippen LogP contribution in [0.3, 0.4) is 0 Å². The molecular weight excluding hydrogens is 470 g/mol. The zero-order valence-electron chi connectivity index (χ0n) is 20.9. The molecule has 0 bridgehead atoms. The number of anilines is 1. The molecule has 37 heavy (non-hydrogen) atoms. The molecule has 4 rings (SSSR count). The molecule has 188 valence electrons. The smallest absolute Gasteiger partial charge is 0.252 e. The van der Waals surface area contributed by atoms with Gasteiger partial charge in [0.25, 0.3) is 5.91 Å². The van der Waals surface area contributed by atoms with Gasteiger partial charge in [0, 0.05) is 18.2 Å². The largest absolute Gasteiger partial charge is 0.378 e. The molecule has 3 aromatic heterocycles. The van der Waals surface area contributed by atoms with E-state index in [2.05, 4.69) is 36.5 Å². The molecule has 0 unspecified atom stereocenters. The van der Waals surface area contributed by atoms with Crippen LogP contribution in [0, 0.1) is 12.3 Å². The Bertz CT molecular complexity index is 1430. The van der Waals surface area contributed by atoms with Crippen molar-refractivity contribution in [2.45, 2.75) is 33.1 Å². The molecule has 3 heterocycles. The van der Waals surface area contributed by atoms with Crippen LogP contribution in [0.5, 0.6) is 0 Å². The van der Waals surface area contributed by atoms with Crippen LogP contribution < -0.4 is 5.32 Å². The summed E-state index contributed by atoms with van der Waals surface area (Å²) in [6, 6.07) is 14.9. The van der Waals surface area contributed by atoms with Gasteiger partial charge < -0.3 is 9.47 Å². The van der Waals surface area contributed by atoms with E-state index in [4.69, 9.17) is 15.9 Å². The third kappa shape index (κ3) is 7.04. The van der Waals surface area contributed by atoms with Crippen LogP contribution in [0.2, 0.25) is 0 Å². The van der Waals surface area contributed by atoms with Gasteiger partial charge in [0.2, 0.25) is 5.95 Å². The summed E-state index contributed by atoms with van der Waals surface area (Å²) in [5.41, 5.74) is 4.71. The third-order valence-electron chi connectivity index (χ3n) is 5.13. The number of methoxy groups -OCH3 is 1. The number of hydrogen-bond donors (Lipinski definition) is 1. The average Bonchev–Trinajstić information content (AvgIpc) is 3.36. The predicted octanol–water partition coefficient (Wildman–Crippen LogP) is 3.34. The second kappa shape index (κ2) is 12.0. The van der Waals surface area contributed by atoms with E-state index in [-0.39, 0.29) is 24.6 Å². The Morgan fingerprint density at radius 1 is 1.05 bits per heavy atom. The van der Waals surface area contributed by atoms with Gasteiger partial charge in [-0.1, -0.05) is 29.3 Å². The predicted molar refractivity (Wildman–Crippen MR) is 138 cm³/mol. The van der Waals surface area contributed by atoms with Crippen LogP contribution in [0.15, 0.2) is 54.7 Å². The number of amides is 1. The highest BCUT2D eigenvalue weighted by atomic mass is 16.5. The molecule has 0 radical (unpaired) electrons. The van der Waals surface area contributed by atoms with Crippen molar-refractivity contribution in [3.8, 4) is 35.0 Å². The second-order valence-corrected chi connectivity index (χ2v) is 8.45. The van der Waals surface area contributed by atoms with E-state index in [0.717, 1.165) is 17.0 Å². The normalized spacial score (nSPS) is 10.9. The lowest BCUT2D eigenvalue weighted by molar-refractivity contribution is -0.122. The number of hydrogen-bond acceptors (Lipinski definition) is 8. The van der Waals surface area contributed by atoms with Crippen LogP contribution in [-0.4, -0.2) is 55.7 Å². The molecule has 0 saturated carbocycles. The maximum absolute atomic E-state index is 12.4. The zero-order chi connectivity index (χ0) is 26.2. The minimum Gasteiger partial charge on any atom is -0.378 e. The van der Waals surface area contributed by atoms with Gasteiger partial charge >= 0.3 is 0 Å². The maximum Gasteiger partial charge on any atom is 0.252 e. The first-order valence-electron chi connectivity index (χ1n) is 11.7. The van der Waals surface area contributed by atoms with Gasteiger partial charge in [-0.3, -0.25) is 15.1 Å². The first-order chi connectivity index (χ1) is 17.9. The van der Waals surface area contributed by atoms with Crippen molar-refractivity contribution in [2.75, 3.05) is 19.0 Å². The number of carbonyl (C=O) groups is 1. The molecule has 1 amide bonds. The summed E-state index contributed by atoms with van der Waals surface area (Å²) in [5.74, 6) is 2.39. The Kier molecular flexibility index (Phi) is 8.30. The molecular formula is C27H27N7O3. The lowest BCUT2D eigenvalue weighted by atomic mass is 10.1. The monoisotopic (exact) mass is 497 g/mol. The van der Waals surface area contributed by atoms with E-state index in [1.807, 2.05) is 56.3 Å². The summed E-state index contributed by atoms with van der Waals surface area (Å²) >= 11 is 0. The summed E-state index contributed by atoms with van der Waals surface area (Å²) in [4.78, 5) is 26.0. The number of rotatable bonds is 10. The molecule has 1 N–H and O–H groups in total. The molecule has 0 atom stereocenters. The number of aromatic nitrogens is 6. The van der Waals surface area contributed by atoms with Crippen molar-refractivity contribution in [3.05, 3.63) is 71.7 Å². The quantitative estimate of drug-likeness (QED) is 0.332. The van der Waals surface area contributed by atoms with Crippen molar-refractivity contribution in [1.82, 2.24) is 29.9 Å². The highest BCUT2D eigenvalue weighted by Crippen LogP contribution is 2.25. The molecule has 0 aliphatic rings. The van der Waals surface area contributed by atoms with E-state index in [0.29, 0.717) is 35.8 Å². The van der Waals surface area contributed by atoms with Crippen molar-refractivity contribution in [1.29, 1.82) is 0 Å². The number of carbonyl (C=O) groups excluding carboxylic acids is 1. The molecule has 0 aliphatic carbocycles. The Balaban J connectivity index is 1.64. The zero-order valence-corrected chi connectivity index (χ0v) is 20.9. The number of pyridine rings is 1. The number of nitrogens with one attached hydrogen (secondary N) is 1. The first-order valence-corrected chi connectivity index (χ1v) is 11.7.